The largest absolute Gasteiger partial charge is 0.492 e. The molecule has 26 heavy (non-hydrogen) atoms. The molecule has 0 saturated carbocycles. The van der Waals surface area contributed by atoms with Gasteiger partial charge in [0.25, 0.3) is 0 Å². The maximum atomic E-state index is 12.5. The highest BCUT2D eigenvalue weighted by molar-refractivity contribution is 9.10. The lowest BCUT2D eigenvalue weighted by atomic mass is 9.89. The summed E-state index contributed by atoms with van der Waals surface area (Å²) in [5.41, 5.74) is 2.13. The number of carbonyl (C=O) groups is 1. The van der Waals surface area contributed by atoms with Gasteiger partial charge >= 0.3 is 0 Å². The standard InChI is InChI=1S/C18H25BrN2O5/c1-21-7-5-11-14(12(21)9-13(22)20-6-4-8-23-2)16(24-3)18-17(15(11)19)25-10-26-18/h12H,4-10H2,1-3H3,(H,20,22). The minimum atomic E-state index is -0.0816. The normalized spacial score (nSPS) is 18.5. The number of fused-ring (bicyclic) bond motifs is 2. The first-order chi connectivity index (χ1) is 12.6. The Hall–Kier alpha value is -1.51. The maximum absolute atomic E-state index is 12.5. The van der Waals surface area contributed by atoms with Crippen LogP contribution in [-0.4, -0.2) is 58.6 Å². The van der Waals surface area contributed by atoms with Crippen molar-refractivity contribution < 1.29 is 23.7 Å². The summed E-state index contributed by atoms with van der Waals surface area (Å²) < 4.78 is 22.8. The Morgan fingerprint density at radius 1 is 1.35 bits per heavy atom. The van der Waals surface area contributed by atoms with Crippen molar-refractivity contribution in [3.8, 4) is 17.2 Å². The molecule has 0 radical (unpaired) electrons. The smallest absolute Gasteiger partial charge is 0.231 e. The second-order valence-electron chi connectivity index (χ2n) is 6.45. The van der Waals surface area contributed by atoms with Crippen LogP contribution >= 0.6 is 15.9 Å². The van der Waals surface area contributed by atoms with Crippen LogP contribution in [0.15, 0.2) is 4.47 Å². The van der Waals surface area contributed by atoms with Gasteiger partial charge in [-0.2, -0.15) is 0 Å². The van der Waals surface area contributed by atoms with E-state index in [0.717, 1.165) is 35.0 Å². The highest BCUT2D eigenvalue weighted by Crippen LogP contribution is 2.54. The Balaban J connectivity index is 1.87. The molecule has 7 nitrogen and oxygen atoms in total. The molecular formula is C18H25BrN2O5. The number of rotatable bonds is 7. The van der Waals surface area contributed by atoms with Gasteiger partial charge in [0.15, 0.2) is 11.5 Å². The van der Waals surface area contributed by atoms with Crippen molar-refractivity contribution in [2.45, 2.75) is 25.3 Å². The number of carbonyl (C=O) groups excluding carboxylic acids is 1. The van der Waals surface area contributed by atoms with Gasteiger partial charge in [0, 0.05) is 44.8 Å². The SMILES string of the molecule is COCCCNC(=O)CC1c2c(c(Br)c3c(c2OC)OCO3)CCN1C. The molecule has 3 rings (SSSR count). The Bertz CT molecular complexity index is 682. The zero-order valence-electron chi connectivity index (χ0n) is 15.4. The summed E-state index contributed by atoms with van der Waals surface area (Å²) in [4.78, 5) is 14.6. The molecule has 144 valence electrons. The second-order valence-corrected chi connectivity index (χ2v) is 7.24. The van der Waals surface area contributed by atoms with Crippen molar-refractivity contribution in [3.05, 3.63) is 15.6 Å². The predicted octanol–water partition coefficient (Wildman–Crippen LogP) is 2.26. The van der Waals surface area contributed by atoms with Crippen LogP contribution in [0.3, 0.4) is 0 Å². The molecule has 2 aliphatic rings. The number of halogens is 1. The number of hydrogen-bond acceptors (Lipinski definition) is 6. The first-order valence-corrected chi connectivity index (χ1v) is 9.51. The number of likely N-dealkylation sites (N-methyl/N-ethyl adjacent to an activating group) is 1. The molecular weight excluding hydrogens is 404 g/mol. The summed E-state index contributed by atoms with van der Waals surface area (Å²) in [5, 5.41) is 2.97. The first kappa shape index (κ1) is 19.3. The molecule has 8 heteroatoms. The summed E-state index contributed by atoms with van der Waals surface area (Å²) in [6.45, 7) is 2.28. The van der Waals surface area contributed by atoms with Gasteiger partial charge in [0.05, 0.1) is 11.6 Å². The summed E-state index contributed by atoms with van der Waals surface area (Å²) >= 11 is 3.66. The van der Waals surface area contributed by atoms with E-state index in [9.17, 15) is 4.79 Å². The summed E-state index contributed by atoms with van der Waals surface area (Å²) in [7, 11) is 5.32. The molecule has 0 aliphatic carbocycles. The zero-order chi connectivity index (χ0) is 18.7. The molecule has 1 aromatic carbocycles. The van der Waals surface area contributed by atoms with Crippen LogP contribution in [0.4, 0.5) is 0 Å². The predicted molar refractivity (Wildman–Crippen MR) is 100 cm³/mol. The van der Waals surface area contributed by atoms with Gasteiger partial charge in [-0.1, -0.05) is 0 Å². The number of amides is 1. The molecule has 1 aromatic rings. The van der Waals surface area contributed by atoms with Crippen LogP contribution < -0.4 is 19.5 Å². The minimum absolute atomic E-state index is 0.0154. The molecule has 2 aliphatic heterocycles. The minimum Gasteiger partial charge on any atom is -0.492 e. The molecule has 0 fully saturated rings. The van der Waals surface area contributed by atoms with E-state index in [2.05, 4.69) is 26.1 Å². The van der Waals surface area contributed by atoms with Crippen LogP contribution in [0.2, 0.25) is 0 Å². The number of benzene rings is 1. The monoisotopic (exact) mass is 428 g/mol. The van der Waals surface area contributed by atoms with Crippen molar-refractivity contribution in [3.63, 3.8) is 0 Å². The molecule has 0 aromatic heterocycles. The molecule has 1 unspecified atom stereocenters. The third-order valence-electron chi connectivity index (χ3n) is 4.86. The molecule has 2 heterocycles. The van der Waals surface area contributed by atoms with Crippen LogP contribution in [0, 0.1) is 0 Å². The fourth-order valence-electron chi connectivity index (χ4n) is 3.54. The van der Waals surface area contributed by atoms with E-state index in [1.54, 1.807) is 14.2 Å². The highest BCUT2D eigenvalue weighted by Gasteiger charge is 2.37. The van der Waals surface area contributed by atoms with Crippen molar-refractivity contribution in [2.24, 2.45) is 0 Å². The van der Waals surface area contributed by atoms with Gasteiger partial charge in [0.2, 0.25) is 18.4 Å². The number of methoxy groups -OCH3 is 2. The Morgan fingerprint density at radius 2 is 2.12 bits per heavy atom. The van der Waals surface area contributed by atoms with Gasteiger partial charge in [-0.3, -0.25) is 9.69 Å². The third kappa shape index (κ3) is 3.63. The number of nitrogens with one attached hydrogen (secondary N) is 1. The van der Waals surface area contributed by atoms with Crippen LogP contribution in [0.25, 0.3) is 0 Å². The van der Waals surface area contributed by atoms with Crippen LogP contribution in [-0.2, 0) is 16.0 Å². The average molecular weight is 429 g/mol. The van der Waals surface area contributed by atoms with Crippen molar-refractivity contribution >= 4 is 21.8 Å². The van der Waals surface area contributed by atoms with Gasteiger partial charge in [0.1, 0.15) is 0 Å². The average Bonchev–Trinajstić information content (AvgIpc) is 3.11. The highest BCUT2D eigenvalue weighted by atomic mass is 79.9. The second kappa shape index (κ2) is 8.45. The van der Waals surface area contributed by atoms with Gasteiger partial charge in [-0.25, -0.2) is 0 Å². The fourth-order valence-corrected chi connectivity index (χ4v) is 4.24. The van der Waals surface area contributed by atoms with Crippen molar-refractivity contribution in [1.82, 2.24) is 10.2 Å². The summed E-state index contributed by atoms with van der Waals surface area (Å²) in [5.74, 6) is 1.98. The summed E-state index contributed by atoms with van der Waals surface area (Å²) in [6, 6.07) is -0.0816. The Kier molecular flexibility index (Phi) is 6.26. The van der Waals surface area contributed by atoms with E-state index < -0.39 is 0 Å². The van der Waals surface area contributed by atoms with Gasteiger partial charge in [-0.15, -0.1) is 0 Å². The Morgan fingerprint density at radius 3 is 2.85 bits per heavy atom. The van der Waals surface area contributed by atoms with E-state index >= 15 is 0 Å². The quantitative estimate of drug-likeness (QED) is 0.671. The van der Waals surface area contributed by atoms with E-state index in [1.807, 2.05) is 7.05 Å². The van der Waals surface area contributed by atoms with Crippen molar-refractivity contribution in [2.75, 3.05) is 47.8 Å². The lowest BCUT2D eigenvalue weighted by Crippen LogP contribution is -2.37. The van der Waals surface area contributed by atoms with Crippen molar-refractivity contribution in [1.29, 1.82) is 0 Å². The lowest BCUT2D eigenvalue weighted by Gasteiger charge is -2.36. The fraction of sp³-hybridized carbons (Fsp3) is 0.611. The number of nitrogens with zero attached hydrogens (tertiary/aromatic N) is 1. The van der Waals surface area contributed by atoms with Crippen LogP contribution in [0.5, 0.6) is 17.2 Å². The topological polar surface area (TPSA) is 69.3 Å². The molecule has 0 bridgehead atoms. The molecule has 1 atom stereocenters. The van der Waals surface area contributed by atoms with E-state index in [4.69, 9.17) is 18.9 Å². The number of hydrogen-bond donors (Lipinski definition) is 1. The number of ether oxygens (including phenoxy) is 4. The first-order valence-electron chi connectivity index (χ1n) is 8.72. The molecule has 0 spiro atoms. The third-order valence-corrected chi connectivity index (χ3v) is 5.70. The maximum Gasteiger partial charge on any atom is 0.231 e. The lowest BCUT2D eigenvalue weighted by molar-refractivity contribution is -0.122. The Labute approximate surface area is 162 Å². The molecule has 1 amide bonds. The summed E-state index contributed by atoms with van der Waals surface area (Å²) in [6.07, 6.45) is 2.01. The van der Waals surface area contributed by atoms with Crippen LogP contribution in [0.1, 0.15) is 30.0 Å². The van der Waals surface area contributed by atoms with E-state index in [1.165, 1.54) is 0 Å². The molecule has 0 saturated heterocycles. The zero-order valence-corrected chi connectivity index (χ0v) is 17.0. The van der Waals surface area contributed by atoms with Gasteiger partial charge < -0.3 is 24.3 Å². The van der Waals surface area contributed by atoms with E-state index in [-0.39, 0.29) is 18.7 Å². The van der Waals surface area contributed by atoms with E-state index in [0.29, 0.717) is 36.8 Å². The van der Waals surface area contributed by atoms with Gasteiger partial charge in [-0.05, 0) is 41.4 Å². The molecule has 1 N–H and O–H groups in total.